The first kappa shape index (κ1) is 8.80. The Morgan fingerprint density at radius 3 is 3.20 bits per heavy atom. The molecule has 3 rings (SSSR count). The predicted octanol–water partition coefficient (Wildman–Crippen LogP) is 2.17. The minimum atomic E-state index is 0.314. The molecule has 1 aromatic carbocycles. The van der Waals surface area contributed by atoms with Crippen molar-refractivity contribution in [3.8, 4) is 5.75 Å². The van der Waals surface area contributed by atoms with E-state index in [1.807, 2.05) is 24.3 Å². The van der Waals surface area contributed by atoms with Crippen LogP contribution < -0.4 is 10.1 Å². The lowest BCUT2D eigenvalue weighted by Crippen LogP contribution is -2.19. The number of benzene rings is 1. The van der Waals surface area contributed by atoms with Crippen molar-refractivity contribution in [2.24, 2.45) is 0 Å². The van der Waals surface area contributed by atoms with Crippen LogP contribution >= 0.6 is 0 Å². The minimum absolute atomic E-state index is 0.314. The number of fused-ring (bicyclic) bond motifs is 1. The summed E-state index contributed by atoms with van der Waals surface area (Å²) in [6.07, 6.45) is 3.10. The molecule has 2 heterocycles. The number of nitrogens with one attached hydrogen (secondary N) is 1. The first-order chi connectivity index (χ1) is 7.42. The molecular weight excluding hydrogens is 190 g/mol. The summed E-state index contributed by atoms with van der Waals surface area (Å²) in [6.45, 7) is 2.00. The second kappa shape index (κ2) is 3.59. The van der Waals surface area contributed by atoms with E-state index in [1.54, 1.807) is 6.26 Å². The minimum Gasteiger partial charge on any atom is -0.489 e. The Labute approximate surface area is 88.0 Å². The number of furan rings is 1. The fourth-order valence-electron chi connectivity index (χ4n) is 1.94. The molecule has 1 aromatic heterocycles. The van der Waals surface area contributed by atoms with Gasteiger partial charge < -0.3 is 14.5 Å². The standard InChI is InChI=1S/C12H13NO2/c1-2-12-9(4-6-14-12)7-10(1)15-11-3-5-13-8-11/h1-2,4,6-7,11,13H,3,5,8H2. The van der Waals surface area contributed by atoms with Crippen molar-refractivity contribution >= 4 is 11.0 Å². The van der Waals surface area contributed by atoms with E-state index >= 15 is 0 Å². The molecule has 1 N–H and O–H groups in total. The van der Waals surface area contributed by atoms with Gasteiger partial charge in [-0.2, -0.15) is 0 Å². The number of hydrogen-bond donors (Lipinski definition) is 1. The van der Waals surface area contributed by atoms with Gasteiger partial charge in [-0.15, -0.1) is 0 Å². The Morgan fingerprint density at radius 1 is 1.33 bits per heavy atom. The molecule has 1 atom stereocenters. The van der Waals surface area contributed by atoms with Crippen LogP contribution in [0.4, 0.5) is 0 Å². The van der Waals surface area contributed by atoms with E-state index in [9.17, 15) is 0 Å². The van der Waals surface area contributed by atoms with Gasteiger partial charge >= 0.3 is 0 Å². The zero-order valence-electron chi connectivity index (χ0n) is 8.40. The third kappa shape index (κ3) is 1.70. The molecule has 1 fully saturated rings. The molecule has 1 aliphatic heterocycles. The number of ether oxygens (including phenoxy) is 1. The van der Waals surface area contributed by atoms with Gasteiger partial charge in [-0.25, -0.2) is 0 Å². The quantitative estimate of drug-likeness (QED) is 0.812. The van der Waals surface area contributed by atoms with Gasteiger partial charge in [0.1, 0.15) is 17.4 Å². The van der Waals surface area contributed by atoms with Crippen LogP contribution in [0.3, 0.4) is 0 Å². The molecule has 0 saturated carbocycles. The van der Waals surface area contributed by atoms with E-state index in [0.29, 0.717) is 6.10 Å². The van der Waals surface area contributed by atoms with Crippen LogP contribution in [0.5, 0.6) is 5.75 Å². The summed E-state index contributed by atoms with van der Waals surface area (Å²) in [5, 5.41) is 4.38. The second-order valence-electron chi connectivity index (χ2n) is 3.85. The molecule has 0 bridgehead atoms. The van der Waals surface area contributed by atoms with Gasteiger partial charge in [0.25, 0.3) is 0 Å². The van der Waals surface area contributed by atoms with E-state index in [-0.39, 0.29) is 0 Å². The van der Waals surface area contributed by atoms with Gasteiger partial charge in [0, 0.05) is 11.9 Å². The lowest BCUT2D eigenvalue weighted by molar-refractivity contribution is 0.223. The maximum absolute atomic E-state index is 5.85. The zero-order valence-corrected chi connectivity index (χ0v) is 8.40. The van der Waals surface area contributed by atoms with E-state index in [1.165, 1.54) is 0 Å². The summed E-state index contributed by atoms with van der Waals surface area (Å²) in [7, 11) is 0. The van der Waals surface area contributed by atoms with Crippen LogP contribution in [0.25, 0.3) is 11.0 Å². The second-order valence-corrected chi connectivity index (χ2v) is 3.85. The van der Waals surface area contributed by atoms with Crippen molar-refractivity contribution in [1.82, 2.24) is 5.32 Å². The van der Waals surface area contributed by atoms with Crippen LogP contribution in [0.2, 0.25) is 0 Å². The zero-order chi connectivity index (χ0) is 10.1. The topological polar surface area (TPSA) is 34.4 Å². The molecular formula is C12H13NO2. The van der Waals surface area contributed by atoms with Crippen molar-refractivity contribution in [1.29, 1.82) is 0 Å². The molecule has 0 radical (unpaired) electrons. The molecule has 15 heavy (non-hydrogen) atoms. The third-order valence-corrected chi connectivity index (χ3v) is 2.74. The molecule has 3 heteroatoms. The molecule has 0 amide bonds. The molecule has 1 aliphatic rings. The van der Waals surface area contributed by atoms with Gasteiger partial charge in [-0.1, -0.05) is 0 Å². The average Bonchev–Trinajstić information content (AvgIpc) is 2.87. The Kier molecular flexibility index (Phi) is 2.10. The van der Waals surface area contributed by atoms with Crippen molar-refractivity contribution < 1.29 is 9.15 Å². The summed E-state index contributed by atoms with van der Waals surface area (Å²) in [5.74, 6) is 0.928. The lowest BCUT2D eigenvalue weighted by atomic mass is 10.2. The summed E-state index contributed by atoms with van der Waals surface area (Å²) >= 11 is 0. The molecule has 1 saturated heterocycles. The monoisotopic (exact) mass is 203 g/mol. The van der Waals surface area contributed by atoms with E-state index in [0.717, 1.165) is 36.2 Å². The summed E-state index contributed by atoms with van der Waals surface area (Å²) < 4.78 is 11.1. The van der Waals surface area contributed by atoms with Gasteiger partial charge in [-0.05, 0) is 37.2 Å². The Morgan fingerprint density at radius 2 is 2.33 bits per heavy atom. The van der Waals surface area contributed by atoms with E-state index < -0.39 is 0 Å². The third-order valence-electron chi connectivity index (χ3n) is 2.74. The fraction of sp³-hybridized carbons (Fsp3) is 0.333. The highest BCUT2D eigenvalue weighted by molar-refractivity contribution is 5.78. The van der Waals surface area contributed by atoms with Gasteiger partial charge in [-0.3, -0.25) is 0 Å². The summed E-state index contributed by atoms with van der Waals surface area (Å²) in [6, 6.07) is 7.89. The molecule has 0 aliphatic carbocycles. The van der Waals surface area contributed by atoms with Gasteiger partial charge in [0.05, 0.1) is 6.26 Å². The molecule has 2 aromatic rings. The SMILES string of the molecule is c1cc2cc(OC3CCNC3)ccc2o1. The molecule has 78 valence electrons. The maximum Gasteiger partial charge on any atom is 0.134 e. The van der Waals surface area contributed by atoms with Crippen molar-refractivity contribution in [3.63, 3.8) is 0 Å². The van der Waals surface area contributed by atoms with Crippen molar-refractivity contribution in [3.05, 3.63) is 30.5 Å². The van der Waals surface area contributed by atoms with E-state index in [4.69, 9.17) is 9.15 Å². The summed E-state index contributed by atoms with van der Waals surface area (Å²) in [4.78, 5) is 0. The molecule has 0 spiro atoms. The predicted molar refractivity (Wildman–Crippen MR) is 58.1 cm³/mol. The lowest BCUT2D eigenvalue weighted by Gasteiger charge is -2.11. The van der Waals surface area contributed by atoms with Crippen LogP contribution in [-0.2, 0) is 0 Å². The average molecular weight is 203 g/mol. The highest BCUT2D eigenvalue weighted by atomic mass is 16.5. The van der Waals surface area contributed by atoms with E-state index in [2.05, 4.69) is 5.32 Å². The fourth-order valence-corrected chi connectivity index (χ4v) is 1.94. The van der Waals surface area contributed by atoms with Crippen LogP contribution in [0.15, 0.2) is 34.9 Å². The van der Waals surface area contributed by atoms with Crippen LogP contribution in [0.1, 0.15) is 6.42 Å². The van der Waals surface area contributed by atoms with Gasteiger partial charge in [0.15, 0.2) is 0 Å². The molecule has 1 unspecified atom stereocenters. The van der Waals surface area contributed by atoms with Crippen molar-refractivity contribution in [2.75, 3.05) is 13.1 Å². The summed E-state index contributed by atoms with van der Waals surface area (Å²) in [5.41, 5.74) is 0.909. The smallest absolute Gasteiger partial charge is 0.134 e. The first-order valence-electron chi connectivity index (χ1n) is 5.26. The highest BCUT2D eigenvalue weighted by Crippen LogP contribution is 2.23. The maximum atomic E-state index is 5.85. The Hall–Kier alpha value is -1.48. The first-order valence-corrected chi connectivity index (χ1v) is 5.26. The largest absolute Gasteiger partial charge is 0.489 e. The van der Waals surface area contributed by atoms with Crippen LogP contribution in [0, 0.1) is 0 Å². The number of hydrogen-bond acceptors (Lipinski definition) is 3. The van der Waals surface area contributed by atoms with Gasteiger partial charge in [0.2, 0.25) is 0 Å². The molecule has 3 nitrogen and oxygen atoms in total. The Bertz CT molecular complexity index is 457. The highest BCUT2D eigenvalue weighted by Gasteiger charge is 2.15. The van der Waals surface area contributed by atoms with Crippen molar-refractivity contribution in [2.45, 2.75) is 12.5 Å². The normalized spacial score (nSPS) is 20.9. The Balaban J connectivity index is 1.84. The van der Waals surface area contributed by atoms with Crippen LogP contribution in [-0.4, -0.2) is 19.2 Å². The number of rotatable bonds is 2.